The van der Waals surface area contributed by atoms with Crippen molar-refractivity contribution in [2.45, 2.75) is 41.8 Å². The molecule has 0 aliphatic heterocycles. The lowest BCUT2D eigenvalue weighted by molar-refractivity contribution is 0.329. The number of nitrogens with zero attached hydrogens (tertiary/aromatic N) is 1. The molecule has 0 spiro atoms. The molecule has 1 aromatic carbocycles. The summed E-state index contributed by atoms with van der Waals surface area (Å²) in [6, 6.07) is 9.06. The van der Waals surface area contributed by atoms with Crippen molar-refractivity contribution in [3.8, 4) is 0 Å². The van der Waals surface area contributed by atoms with Gasteiger partial charge in [0.15, 0.2) is 4.34 Å². The molecule has 1 fully saturated rings. The van der Waals surface area contributed by atoms with E-state index in [1.165, 1.54) is 28.3 Å². The summed E-state index contributed by atoms with van der Waals surface area (Å²) >= 11 is 3.80. The van der Waals surface area contributed by atoms with Gasteiger partial charge in [-0.25, -0.2) is 4.98 Å². The Bertz CT molecular complexity index is 519. The Morgan fingerprint density at radius 3 is 2.95 bits per heavy atom. The monoisotopic (exact) mass is 292 g/mol. The van der Waals surface area contributed by atoms with E-state index in [1.54, 1.807) is 0 Å². The zero-order valence-corrected chi connectivity index (χ0v) is 13.1. The summed E-state index contributed by atoms with van der Waals surface area (Å²) in [6.45, 7) is 2.37. The Labute approximate surface area is 123 Å². The zero-order chi connectivity index (χ0) is 13.2. The Balaban J connectivity index is 1.78. The molecule has 1 aliphatic rings. The molecule has 0 saturated heterocycles. The van der Waals surface area contributed by atoms with Crippen LogP contribution in [0.3, 0.4) is 0 Å². The average molecular weight is 292 g/mol. The second-order valence-corrected chi connectivity index (χ2v) is 7.93. The third kappa shape index (κ3) is 2.96. The molecule has 0 radical (unpaired) electrons. The number of hydrogen-bond donors (Lipinski definition) is 1. The highest BCUT2D eigenvalue weighted by Crippen LogP contribution is 2.39. The van der Waals surface area contributed by atoms with Crippen LogP contribution in [0.1, 0.15) is 26.2 Å². The fourth-order valence-corrected chi connectivity index (χ4v) is 5.62. The summed E-state index contributed by atoms with van der Waals surface area (Å²) in [6.07, 6.45) is 3.94. The zero-order valence-electron chi connectivity index (χ0n) is 11.4. The smallest absolute Gasteiger partial charge is 0.151 e. The molecule has 4 heteroatoms. The number of rotatable bonds is 3. The van der Waals surface area contributed by atoms with E-state index in [0.717, 1.165) is 11.4 Å². The van der Waals surface area contributed by atoms with Crippen molar-refractivity contribution in [1.82, 2.24) is 10.3 Å². The lowest BCUT2D eigenvalue weighted by Crippen LogP contribution is -2.40. The second-order valence-electron chi connectivity index (χ2n) is 5.42. The molecule has 1 aromatic heterocycles. The fraction of sp³-hybridized carbons (Fsp3) is 0.533. The van der Waals surface area contributed by atoms with E-state index in [2.05, 4.69) is 43.6 Å². The highest BCUT2D eigenvalue weighted by molar-refractivity contribution is 8.01. The lowest BCUT2D eigenvalue weighted by atomic mass is 9.87. The summed E-state index contributed by atoms with van der Waals surface area (Å²) in [5.41, 5.74) is 1.14. The molecule has 102 valence electrons. The summed E-state index contributed by atoms with van der Waals surface area (Å²) in [7, 11) is 2.09. The van der Waals surface area contributed by atoms with Crippen LogP contribution in [-0.4, -0.2) is 23.3 Å². The number of thioether (sulfide) groups is 1. The first kappa shape index (κ1) is 13.4. The van der Waals surface area contributed by atoms with Gasteiger partial charge in [-0.1, -0.05) is 30.8 Å². The third-order valence-corrected chi connectivity index (χ3v) is 6.44. The van der Waals surface area contributed by atoms with Crippen LogP contribution in [0.4, 0.5) is 0 Å². The first-order chi connectivity index (χ1) is 9.26. The molecule has 1 saturated carbocycles. The maximum Gasteiger partial charge on any atom is 0.151 e. The molecule has 1 aliphatic carbocycles. The van der Waals surface area contributed by atoms with Gasteiger partial charge in [0.1, 0.15) is 0 Å². The van der Waals surface area contributed by atoms with Gasteiger partial charge in [0, 0.05) is 11.3 Å². The molecule has 3 atom stereocenters. The van der Waals surface area contributed by atoms with Crippen molar-refractivity contribution in [1.29, 1.82) is 0 Å². The molecular formula is C15H20N2S2. The summed E-state index contributed by atoms with van der Waals surface area (Å²) in [4.78, 5) is 4.75. The van der Waals surface area contributed by atoms with E-state index >= 15 is 0 Å². The van der Waals surface area contributed by atoms with Gasteiger partial charge in [0.25, 0.3) is 0 Å². The van der Waals surface area contributed by atoms with Gasteiger partial charge in [-0.2, -0.15) is 0 Å². The van der Waals surface area contributed by atoms with E-state index in [4.69, 9.17) is 4.98 Å². The Hall–Kier alpha value is -0.580. The van der Waals surface area contributed by atoms with E-state index in [1.807, 2.05) is 23.1 Å². The minimum absolute atomic E-state index is 0.633. The number of hydrogen-bond acceptors (Lipinski definition) is 4. The third-order valence-electron chi connectivity index (χ3n) is 3.95. The van der Waals surface area contributed by atoms with Crippen LogP contribution in [0.2, 0.25) is 0 Å². The van der Waals surface area contributed by atoms with Gasteiger partial charge >= 0.3 is 0 Å². The number of benzene rings is 1. The van der Waals surface area contributed by atoms with E-state index < -0.39 is 0 Å². The number of nitrogens with one attached hydrogen (secondary N) is 1. The first-order valence-corrected chi connectivity index (χ1v) is 8.65. The summed E-state index contributed by atoms with van der Waals surface area (Å²) in [5, 5.41) is 4.15. The summed E-state index contributed by atoms with van der Waals surface area (Å²) in [5.74, 6) is 0.844. The largest absolute Gasteiger partial charge is 0.316 e. The minimum atomic E-state index is 0.633. The van der Waals surface area contributed by atoms with E-state index in [9.17, 15) is 0 Å². The van der Waals surface area contributed by atoms with Crippen molar-refractivity contribution < 1.29 is 0 Å². The van der Waals surface area contributed by atoms with Crippen molar-refractivity contribution >= 4 is 33.3 Å². The predicted molar refractivity (Wildman–Crippen MR) is 85.1 cm³/mol. The Morgan fingerprint density at radius 1 is 1.32 bits per heavy atom. The van der Waals surface area contributed by atoms with Crippen molar-refractivity contribution in [2.24, 2.45) is 5.92 Å². The van der Waals surface area contributed by atoms with Crippen LogP contribution in [0.5, 0.6) is 0 Å². The molecule has 1 N–H and O–H groups in total. The van der Waals surface area contributed by atoms with Crippen LogP contribution < -0.4 is 5.32 Å². The lowest BCUT2D eigenvalue weighted by Gasteiger charge is -2.33. The maximum atomic E-state index is 4.75. The number of thiazole rings is 1. The quantitative estimate of drug-likeness (QED) is 0.919. The standard InChI is InChI=1S/C15H20N2S2/c1-10-7-8-11(16-2)14(9-10)19-15-17-12-5-3-4-6-13(12)18-15/h3-6,10-11,14,16H,7-9H2,1-2H3. The Morgan fingerprint density at radius 2 is 2.16 bits per heavy atom. The number of fused-ring (bicyclic) bond motifs is 1. The normalized spacial score (nSPS) is 27.8. The Kier molecular flexibility index (Phi) is 4.10. The van der Waals surface area contributed by atoms with Gasteiger partial charge in [0.2, 0.25) is 0 Å². The van der Waals surface area contributed by atoms with Crippen LogP contribution in [0, 0.1) is 5.92 Å². The van der Waals surface area contributed by atoms with Gasteiger partial charge in [-0.15, -0.1) is 11.3 Å². The highest BCUT2D eigenvalue weighted by Gasteiger charge is 2.29. The summed E-state index contributed by atoms with van der Waals surface area (Å²) < 4.78 is 2.52. The van der Waals surface area contributed by atoms with Gasteiger partial charge in [-0.3, -0.25) is 0 Å². The first-order valence-electron chi connectivity index (χ1n) is 6.95. The number of para-hydroxylation sites is 1. The van der Waals surface area contributed by atoms with E-state index in [0.29, 0.717) is 11.3 Å². The average Bonchev–Trinajstić information content (AvgIpc) is 2.81. The fourth-order valence-electron chi connectivity index (χ4n) is 2.82. The van der Waals surface area contributed by atoms with Crippen LogP contribution in [0.25, 0.3) is 10.2 Å². The molecule has 1 heterocycles. The highest BCUT2D eigenvalue weighted by atomic mass is 32.2. The van der Waals surface area contributed by atoms with Crippen LogP contribution >= 0.6 is 23.1 Å². The molecule has 2 nitrogen and oxygen atoms in total. The SMILES string of the molecule is CNC1CCC(C)CC1Sc1nc2ccccc2s1. The van der Waals surface area contributed by atoms with Crippen molar-refractivity contribution in [3.05, 3.63) is 24.3 Å². The number of aromatic nitrogens is 1. The van der Waals surface area contributed by atoms with Crippen molar-refractivity contribution in [3.63, 3.8) is 0 Å². The minimum Gasteiger partial charge on any atom is -0.316 e. The van der Waals surface area contributed by atoms with Gasteiger partial charge < -0.3 is 5.32 Å². The van der Waals surface area contributed by atoms with E-state index in [-0.39, 0.29) is 0 Å². The van der Waals surface area contributed by atoms with Gasteiger partial charge in [-0.05, 0) is 44.4 Å². The molecule has 3 unspecified atom stereocenters. The molecule has 2 aromatic rings. The topological polar surface area (TPSA) is 24.9 Å². The molecule has 0 bridgehead atoms. The molecule has 19 heavy (non-hydrogen) atoms. The second kappa shape index (κ2) is 5.81. The predicted octanol–water partition coefficient (Wildman–Crippen LogP) is 4.17. The van der Waals surface area contributed by atoms with Gasteiger partial charge in [0.05, 0.1) is 10.2 Å². The van der Waals surface area contributed by atoms with Crippen molar-refractivity contribution in [2.75, 3.05) is 7.05 Å². The van der Waals surface area contributed by atoms with Crippen LogP contribution in [-0.2, 0) is 0 Å². The molecular weight excluding hydrogens is 272 g/mol. The molecule has 3 rings (SSSR count). The maximum absolute atomic E-state index is 4.75. The molecule has 0 amide bonds. The van der Waals surface area contributed by atoms with Crippen LogP contribution in [0.15, 0.2) is 28.6 Å².